The Morgan fingerprint density at radius 2 is 2.00 bits per heavy atom. The van der Waals surface area contributed by atoms with Crippen molar-refractivity contribution < 1.29 is 14.6 Å². The number of hydrogen-bond acceptors (Lipinski definition) is 8. The number of aromatic nitrogens is 5. The zero-order valence-electron chi connectivity index (χ0n) is 17.8. The molecule has 4 heterocycles. The van der Waals surface area contributed by atoms with Crippen molar-refractivity contribution in [2.24, 2.45) is 0 Å². The van der Waals surface area contributed by atoms with Crippen LogP contribution in [0.1, 0.15) is 29.2 Å². The monoisotopic (exact) mass is 445 g/mol. The Morgan fingerprint density at radius 3 is 2.70 bits per heavy atom. The molecule has 2 unspecified atom stereocenters. The standard InChI is InChI=1S/C23H23N7O3/c24-21-19-20(14-4-6-15(7-5-14)23(32)28-18-3-1-2-10-25-18)29-30(22(19)27-13-26-21)16-8-9-17(11-31)33-12-16/h1-7,10,13,16-17,31H,8-9,11-12H2,(H2,24,26,27)(H,25,28,32). The third kappa shape index (κ3) is 4.13. The number of rotatable bonds is 5. The molecule has 2 atom stereocenters. The van der Waals surface area contributed by atoms with Crippen LogP contribution in [0.4, 0.5) is 11.6 Å². The number of aliphatic hydroxyl groups is 1. The maximum absolute atomic E-state index is 12.5. The number of nitrogens with zero attached hydrogens (tertiary/aromatic N) is 5. The maximum Gasteiger partial charge on any atom is 0.256 e. The first-order valence-electron chi connectivity index (χ1n) is 10.7. The van der Waals surface area contributed by atoms with Gasteiger partial charge in [0, 0.05) is 17.3 Å². The van der Waals surface area contributed by atoms with E-state index < -0.39 is 0 Å². The van der Waals surface area contributed by atoms with Crippen LogP contribution < -0.4 is 11.1 Å². The largest absolute Gasteiger partial charge is 0.394 e. The lowest BCUT2D eigenvalue weighted by Crippen LogP contribution is -2.30. The van der Waals surface area contributed by atoms with Crippen LogP contribution in [-0.4, -0.2) is 55.1 Å². The molecule has 1 fully saturated rings. The summed E-state index contributed by atoms with van der Waals surface area (Å²) in [5, 5.41) is 17.6. The molecule has 1 saturated heterocycles. The van der Waals surface area contributed by atoms with E-state index in [1.54, 1.807) is 36.5 Å². The number of aliphatic hydroxyl groups excluding tert-OH is 1. The van der Waals surface area contributed by atoms with Crippen molar-refractivity contribution in [3.8, 4) is 11.3 Å². The number of nitrogen functional groups attached to an aromatic ring is 1. The molecule has 0 aliphatic carbocycles. The number of amides is 1. The average molecular weight is 445 g/mol. The minimum absolute atomic E-state index is 0.00715. The van der Waals surface area contributed by atoms with Crippen LogP contribution in [0.15, 0.2) is 55.0 Å². The zero-order chi connectivity index (χ0) is 22.8. The highest BCUT2D eigenvalue weighted by atomic mass is 16.5. The van der Waals surface area contributed by atoms with Gasteiger partial charge >= 0.3 is 0 Å². The first-order valence-corrected chi connectivity index (χ1v) is 10.7. The van der Waals surface area contributed by atoms with Crippen molar-refractivity contribution in [1.82, 2.24) is 24.7 Å². The van der Waals surface area contributed by atoms with Gasteiger partial charge in [-0.1, -0.05) is 18.2 Å². The van der Waals surface area contributed by atoms with Gasteiger partial charge < -0.3 is 20.9 Å². The number of anilines is 2. The van der Waals surface area contributed by atoms with E-state index in [4.69, 9.17) is 15.6 Å². The minimum atomic E-state index is -0.253. The topological polar surface area (TPSA) is 141 Å². The fraction of sp³-hybridized carbons (Fsp3) is 0.261. The fourth-order valence-corrected chi connectivity index (χ4v) is 3.99. The summed E-state index contributed by atoms with van der Waals surface area (Å²) in [7, 11) is 0. The summed E-state index contributed by atoms with van der Waals surface area (Å²) >= 11 is 0. The molecule has 1 aliphatic rings. The summed E-state index contributed by atoms with van der Waals surface area (Å²) in [6.07, 6.45) is 4.43. The quantitative estimate of drug-likeness (QED) is 0.425. The summed E-state index contributed by atoms with van der Waals surface area (Å²) < 4.78 is 7.58. The maximum atomic E-state index is 12.5. The van der Waals surface area contributed by atoms with Crippen molar-refractivity contribution >= 4 is 28.6 Å². The SMILES string of the molecule is Nc1ncnc2c1c(-c1ccc(C(=O)Nc3ccccn3)cc1)nn2C1CCC(CO)OC1. The second kappa shape index (κ2) is 8.93. The van der Waals surface area contributed by atoms with Crippen molar-refractivity contribution in [3.63, 3.8) is 0 Å². The van der Waals surface area contributed by atoms with E-state index >= 15 is 0 Å². The van der Waals surface area contributed by atoms with Crippen molar-refractivity contribution in [1.29, 1.82) is 0 Å². The molecule has 4 N–H and O–H groups in total. The van der Waals surface area contributed by atoms with Crippen LogP contribution >= 0.6 is 0 Å². The molecule has 33 heavy (non-hydrogen) atoms. The van der Waals surface area contributed by atoms with E-state index in [-0.39, 0.29) is 24.7 Å². The van der Waals surface area contributed by atoms with E-state index in [1.165, 1.54) is 6.33 Å². The average Bonchev–Trinajstić information content (AvgIpc) is 3.26. The number of ether oxygens (including phenoxy) is 1. The molecule has 4 aromatic rings. The lowest BCUT2D eigenvalue weighted by Gasteiger charge is -2.28. The highest BCUT2D eigenvalue weighted by Gasteiger charge is 2.27. The van der Waals surface area contributed by atoms with Crippen LogP contribution in [-0.2, 0) is 4.74 Å². The van der Waals surface area contributed by atoms with Gasteiger partial charge in [0.25, 0.3) is 5.91 Å². The molecule has 1 amide bonds. The third-order valence-corrected chi connectivity index (χ3v) is 5.74. The minimum Gasteiger partial charge on any atom is -0.394 e. The predicted octanol–water partition coefficient (Wildman–Crippen LogP) is 2.44. The molecule has 5 rings (SSSR count). The number of carbonyl (C=O) groups excluding carboxylic acids is 1. The molecule has 1 aliphatic heterocycles. The molecule has 3 aromatic heterocycles. The van der Waals surface area contributed by atoms with E-state index in [2.05, 4.69) is 20.3 Å². The third-order valence-electron chi connectivity index (χ3n) is 5.74. The Kier molecular flexibility index (Phi) is 5.68. The van der Waals surface area contributed by atoms with Crippen LogP contribution in [0.5, 0.6) is 0 Å². The summed E-state index contributed by atoms with van der Waals surface area (Å²) in [6, 6.07) is 12.4. The van der Waals surface area contributed by atoms with E-state index in [0.717, 1.165) is 18.4 Å². The predicted molar refractivity (Wildman–Crippen MR) is 122 cm³/mol. The normalized spacial score (nSPS) is 18.3. The number of hydrogen-bond donors (Lipinski definition) is 3. The molecular formula is C23H23N7O3. The highest BCUT2D eigenvalue weighted by Crippen LogP contribution is 2.34. The number of fused-ring (bicyclic) bond motifs is 1. The number of pyridine rings is 1. The van der Waals surface area contributed by atoms with Crippen molar-refractivity contribution in [2.75, 3.05) is 24.3 Å². The summed E-state index contributed by atoms with van der Waals surface area (Å²) in [4.78, 5) is 25.2. The number of benzene rings is 1. The number of nitrogens with two attached hydrogens (primary N) is 1. The zero-order valence-corrected chi connectivity index (χ0v) is 17.8. The molecule has 1 aromatic carbocycles. The van der Waals surface area contributed by atoms with Crippen LogP contribution in [0, 0.1) is 0 Å². The van der Waals surface area contributed by atoms with Gasteiger partial charge in [-0.3, -0.25) is 4.79 Å². The van der Waals surface area contributed by atoms with Gasteiger partial charge in [0.15, 0.2) is 5.65 Å². The first kappa shape index (κ1) is 21.0. The summed E-state index contributed by atoms with van der Waals surface area (Å²) in [6.45, 7) is 0.436. The summed E-state index contributed by atoms with van der Waals surface area (Å²) in [5.41, 5.74) is 8.76. The smallest absolute Gasteiger partial charge is 0.256 e. The van der Waals surface area contributed by atoms with E-state index in [1.807, 2.05) is 16.8 Å². The van der Waals surface area contributed by atoms with Gasteiger partial charge in [-0.05, 0) is 37.1 Å². The lowest BCUT2D eigenvalue weighted by molar-refractivity contribution is -0.0403. The molecule has 0 saturated carbocycles. The first-order chi connectivity index (χ1) is 16.1. The van der Waals surface area contributed by atoms with Crippen LogP contribution in [0.3, 0.4) is 0 Å². The fourth-order valence-electron chi connectivity index (χ4n) is 3.99. The Labute approximate surface area is 189 Å². The Balaban J connectivity index is 1.45. The van der Waals surface area contributed by atoms with Gasteiger partial charge in [0.2, 0.25) is 0 Å². The molecule has 168 valence electrons. The van der Waals surface area contributed by atoms with Crippen molar-refractivity contribution in [3.05, 3.63) is 60.6 Å². The molecule has 0 bridgehead atoms. The summed E-state index contributed by atoms with van der Waals surface area (Å²) in [5.74, 6) is 0.568. The van der Waals surface area contributed by atoms with Crippen LogP contribution in [0.2, 0.25) is 0 Å². The Hall–Kier alpha value is -3.89. The Bertz CT molecular complexity index is 1270. The molecule has 10 heteroatoms. The van der Waals surface area contributed by atoms with E-state index in [9.17, 15) is 9.90 Å². The highest BCUT2D eigenvalue weighted by molar-refractivity contribution is 6.04. The van der Waals surface area contributed by atoms with Gasteiger partial charge in [-0.25, -0.2) is 19.6 Å². The molecule has 0 spiro atoms. The Morgan fingerprint density at radius 1 is 1.15 bits per heavy atom. The number of nitrogens with one attached hydrogen (secondary N) is 1. The second-order valence-electron chi connectivity index (χ2n) is 7.87. The van der Waals surface area contributed by atoms with Crippen LogP contribution in [0.25, 0.3) is 22.3 Å². The van der Waals surface area contributed by atoms with Gasteiger partial charge in [-0.15, -0.1) is 0 Å². The molecule has 10 nitrogen and oxygen atoms in total. The molecule has 0 radical (unpaired) electrons. The second-order valence-corrected chi connectivity index (χ2v) is 7.87. The van der Waals surface area contributed by atoms with Gasteiger partial charge in [-0.2, -0.15) is 5.10 Å². The van der Waals surface area contributed by atoms with E-state index in [0.29, 0.717) is 40.5 Å². The lowest BCUT2D eigenvalue weighted by atomic mass is 10.1. The van der Waals surface area contributed by atoms with Gasteiger partial charge in [0.1, 0.15) is 23.7 Å². The van der Waals surface area contributed by atoms with Crippen molar-refractivity contribution in [2.45, 2.75) is 25.0 Å². The van der Waals surface area contributed by atoms with Gasteiger partial charge in [0.05, 0.1) is 30.7 Å². The molecular weight excluding hydrogens is 422 g/mol. The number of carbonyl (C=O) groups is 1.